The molecule has 2 aromatic rings. The van der Waals surface area contributed by atoms with Crippen LogP contribution in [0.25, 0.3) is 0 Å². The van der Waals surface area contributed by atoms with E-state index in [0.717, 1.165) is 22.6 Å². The number of alkyl halides is 1. The van der Waals surface area contributed by atoms with Gasteiger partial charge in [-0.15, -0.1) is 11.6 Å². The van der Waals surface area contributed by atoms with Crippen molar-refractivity contribution in [3.05, 3.63) is 59.0 Å². The molecule has 1 aromatic heterocycles. The molecule has 2 nitrogen and oxygen atoms in total. The minimum Gasteiger partial charge on any atom is -0.355 e. The van der Waals surface area contributed by atoms with Gasteiger partial charge in [-0.05, 0) is 36.2 Å². The highest BCUT2D eigenvalue weighted by Gasteiger charge is 2.06. The van der Waals surface area contributed by atoms with E-state index < -0.39 is 0 Å². The molecule has 0 spiro atoms. The number of aryl methyl sites for hydroxylation is 1. The molecule has 1 heterocycles. The van der Waals surface area contributed by atoms with Crippen LogP contribution >= 0.6 is 11.6 Å². The molecule has 0 radical (unpaired) electrons. The fourth-order valence-corrected chi connectivity index (χ4v) is 2.20. The molecular formula is C15H16ClFN2. The summed E-state index contributed by atoms with van der Waals surface area (Å²) in [6.45, 7) is 2.56. The zero-order valence-corrected chi connectivity index (χ0v) is 11.8. The Morgan fingerprint density at radius 2 is 2.05 bits per heavy atom. The van der Waals surface area contributed by atoms with E-state index in [9.17, 15) is 4.39 Å². The maximum atomic E-state index is 13.1. The Morgan fingerprint density at radius 1 is 1.26 bits per heavy atom. The van der Waals surface area contributed by atoms with Crippen molar-refractivity contribution in [3.63, 3.8) is 0 Å². The van der Waals surface area contributed by atoms with Crippen molar-refractivity contribution in [2.45, 2.75) is 19.3 Å². The Balaban J connectivity index is 2.15. The van der Waals surface area contributed by atoms with Crippen LogP contribution < -0.4 is 4.90 Å². The number of rotatable bonds is 4. The Bertz CT molecular complexity index is 572. The molecule has 0 bridgehead atoms. The van der Waals surface area contributed by atoms with Gasteiger partial charge in [0.2, 0.25) is 0 Å². The molecule has 4 heteroatoms. The van der Waals surface area contributed by atoms with Crippen molar-refractivity contribution in [3.8, 4) is 0 Å². The number of pyridine rings is 1. The summed E-state index contributed by atoms with van der Waals surface area (Å²) in [5, 5.41) is 0. The maximum absolute atomic E-state index is 13.1. The SMILES string of the molecule is Cc1nc(N(C)Cc2cccc(F)c2)ccc1CCl. The summed E-state index contributed by atoms with van der Waals surface area (Å²) < 4.78 is 13.1. The van der Waals surface area contributed by atoms with Gasteiger partial charge in [0.1, 0.15) is 11.6 Å². The van der Waals surface area contributed by atoms with E-state index in [1.54, 1.807) is 6.07 Å². The first-order chi connectivity index (χ1) is 9.10. The van der Waals surface area contributed by atoms with Crippen LogP contribution in [-0.2, 0) is 12.4 Å². The molecule has 0 saturated carbocycles. The molecule has 19 heavy (non-hydrogen) atoms. The van der Waals surface area contributed by atoms with Crippen LogP contribution in [0.1, 0.15) is 16.8 Å². The molecule has 0 unspecified atom stereocenters. The van der Waals surface area contributed by atoms with E-state index in [4.69, 9.17) is 11.6 Å². The van der Waals surface area contributed by atoms with Crippen LogP contribution in [0.4, 0.5) is 10.2 Å². The average molecular weight is 279 g/mol. The second-order valence-corrected chi connectivity index (χ2v) is 4.80. The average Bonchev–Trinajstić information content (AvgIpc) is 2.38. The normalized spacial score (nSPS) is 10.5. The quantitative estimate of drug-likeness (QED) is 0.789. The zero-order valence-electron chi connectivity index (χ0n) is 11.0. The number of anilines is 1. The number of nitrogens with zero attached hydrogens (tertiary/aromatic N) is 2. The molecule has 0 aliphatic heterocycles. The van der Waals surface area contributed by atoms with E-state index in [1.807, 2.05) is 37.1 Å². The van der Waals surface area contributed by atoms with Gasteiger partial charge in [-0.3, -0.25) is 0 Å². The molecule has 0 fully saturated rings. The minimum absolute atomic E-state index is 0.215. The molecule has 0 N–H and O–H groups in total. The van der Waals surface area contributed by atoms with Crippen molar-refractivity contribution >= 4 is 17.4 Å². The number of hydrogen-bond donors (Lipinski definition) is 0. The highest BCUT2D eigenvalue weighted by Crippen LogP contribution is 2.17. The molecule has 1 aromatic carbocycles. The van der Waals surface area contributed by atoms with E-state index >= 15 is 0 Å². The predicted octanol–water partition coefficient (Wildman–Crippen LogP) is 3.90. The first kappa shape index (κ1) is 13.8. The fourth-order valence-electron chi connectivity index (χ4n) is 1.92. The maximum Gasteiger partial charge on any atom is 0.128 e. The number of halogens is 2. The summed E-state index contributed by atoms with van der Waals surface area (Å²) in [6.07, 6.45) is 0. The molecule has 0 aliphatic carbocycles. The number of hydrogen-bond acceptors (Lipinski definition) is 2. The van der Waals surface area contributed by atoms with Gasteiger partial charge in [0.05, 0.1) is 0 Å². The van der Waals surface area contributed by atoms with Gasteiger partial charge >= 0.3 is 0 Å². The van der Waals surface area contributed by atoms with Gasteiger partial charge < -0.3 is 4.90 Å². The lowest BCUT2D eigenvalue weighted by Crippen LogP contribution is -2.18. The van der Waals surface area contributed by atoms with Gasteiger partial charge in [0, 0.05) is 25.2 Å². The summed E-state index contributed by atoms with van der Waals surface area (Å²) in [4.78, 5) is 6.50. The molecule has 0 saturated heterocycles. The van der Waals surface area contributed by atoms with E-state index in [1.165, 1.54) is 12.1 Å². The molecule has 0 amide bonds. The van der Waals surface area contributed by atoms with Crippen molar-refractivity contribution in [2.75, 3.05) is 11.9 Å². The lowest BCUT2D eigenvalue weighted by molar-refractivity contribution is 0.625. The lowest BCUT2D eigenvalue weighted by Gasteiger charge is -2.19. The lowest BCUT2D eigenvalue weighted by atomic mass is 10.2. The second kappa shape index (κ2) is 6.02. The van der Waals surface area contributed by atoms with Crippen LogP contribution in [0, 0.1) is 12.7 Å². The van der Waals surface area contributed by atoms with Gasteiger partial charge in [-0.2, -0.15) is 0 Å². The van der Waals surface area contributed by atoms with Gasteiger partial charge in [-0.1, -0.05) is 18.2 Å². The largest absolute Gasteiger partial charge is 0.355 e. The van der Waals surface area contributed by atoms with Crippen molar-refractivity contribution in [2.24, 2.45) is 0 Å². The summed E-state index contributed by atoms with van der Waals surface area (Å²) in [6, 6.07) is 10.5. The van der Waals surface area contributed by atoms with Gasteiger partial charge in [0.15, 0.2) is 0 Å². The second-order valence-electron chi connectivity index (χ2n) is 4.53. The zero-order chi connectivity index (χ0) is 13.8. The van der Waals surface area contributed by atoms with E-state index in [-0.39, 0.29) is 5.82 Å². The predicted molar refractivity (Wildman–Crippen MR) is 77.0 cm³/mol. The Labute approximate surface area is 117 Å². The monoisotopic (exact) mass is 278 g/mol. The Hall–Kier alpha value is -1.61. The van der Waals surface area contributed by atoms with Crippen molar-refractivity contribution in [1.82, 2.24) is 4.98 Å². The molecule has 2 rings (SSSR count). The smallest absolute Gasteiger partial charge is 0.128 e. The summed E-state index contributed by atoms with van der Waals surface area (Å²) in [5.41, 5.74) is 2.88. The third-order valence-electron chi connectivity index (χ3n) is 3.02. The molecular weight excluding hydrogens is 263 g/mol. The van der Waals surface area contributed by atoms with Gasteiger partial charge in [0.25, 0.3) is 0 Å². The third kappa shape index (κ3) is 3.44. The Morgan fingerprint density at radius 3 is 2.68 bits per heavy atom. The first-order valence-corrected chi connectivity index (χ1v) is 6.61. The van der Waals surface area contributed by atoms with Crippen molar-refractivity contribution in [1.29, 1.82) is 0 Å². The van der Waals surface area contributed by atoms with E-state index in [2.05, 4.69) is 4.98 Å². The van der Waals surface area contributed by atoms with Crippen molar-refractivity contribution < 1.29 is 4.39 Å². The van der Waals surface area contributed by atoms with Crippen LogP contribution in [-0.4, -0.2) is 12.0 Å². The molecule has 0 aliphatic rings. The highest BCUT2D eigenvalue weighted by molar-refractivity contribution is 6.17. The number of aromatic nitrogens is 1. The number of benzene rings is 1. The van der Waals surface area contributed by atoms with Gasteiger partial charge in [-0.25, -0.2) is 9.37 Å². The van der Waals surface area contributed by atoms with Crippen LogP contribution in [0.3, 0.4) is 0 Å². The van der Waals surface area contributed by atoms with Crippen LogP contribution in [0.15, 0.2) is 36.4 Å². The molecule has 0 atom stereocenters. The third-order valence-corrected chi connectivity index (χ3v) is 3.31. The first-order valence-electron chi connectivity index (χ1n) is 6.08. The van der Waals surface area contributed by atoms with Crippen LogP contribution in [0.5, 0.6) is 0 Å². The summed E-state index contributed by atoms with van der Waals surface area (Å²) in [7, 11) is 1.94. The van der Waals surface area contributed by atoms with Crippen LogP contribution in [0.2, 0.25) is 0 Å². The molecule has 100 valence electrons. The standard InChI is InChI=1S/C15H16ClFN2/c1-11-13(9-16)6-7-15(18-11)19(2)10-12-4-3-5-14(17)8-12/h3-8H,9-10H2,1-2H3. The van der Waals surface area contributed by atoms with E-state index in [0.29, 0.717) is 12.4 Å². The minimum atomic E-state index is -0.215. The fraction of sp³-hybridized carbons (Fsp3) is 0.267. The summed E-state index contributed by atoms with van der Waals surface area (Å²) >= 11 is 5.82. The highest BCUT2D eigenvalue weighted by atomic mass is 35.5. The topological polar surface area (TPSA) is 16.1 Å². The Kier molecular flexibility index (Phi) is 4.38. The summed E-state index contributed by atoms with van der Waals surface area (Å²) in [5.74, 6) is 1.11.